The van der Waals surface area contributed by atoms with Crippen molar-refractivity contribution >= 4 is 11.6 Å². The number of anilines is 1. The lowest BCUT2D eigenvalue weighted by molar-refractivity contribution is -0.134. The third-order valence-corrected chi connectivity index (χ3v) is 4.93. The Morgan fingerprint density at radius 1 is 0.920 bits per heavy atom. The first-order chi connectivity index (χ1) is 12.1. The average Bonchev–Trinajstić information content (AvgIpc) is 2.64. The van der Waals surface area contributed by atoms with Crippen LogP contribution in [0.15, 0.2) is 54.6 Å². The molecule has 0 radical (unpaired) electrons. The molecule has 1 aliphatic heterocycles. The Morgan fingerprint density at radius 2 is 1.52 bits per heavy atom. The Morgan fingerprint density at radius 3 is 2.12 bits per heavy atom. The van der Waals surface area contributed by atoms with Gasteiger partial charge in [-0.25, -0.2) is 0 Å². The topological polar surface area (TPSA) is 26.8 Å². The standard InChI is InChI=1S/C21H27N3O/c1-17-9-7-8-12-19(17)23-13-15-24(16-14-23)20(21(25)22(2)3)18-10-5-4-6-11-18/h4-12,20H,13-16H2,1-3H3. The fourth-order valence-electron chi connectivity index (χ4n) is 3.53. The van der Waals surface area contributed by atoms with E-state index in [0.717, 1.165) is 31.7 Å². The zero-order valence-corrected chi connectivity index (χ0v) is 15.4. The second-order valence-electron chi connectivity index (χ2n) is 6.86. The van der Waals surface area contributed by atoms with Crippen LogP contribution >= 0.6 is 0 Å². The molecule has 0 bridgehead atoms. The van der Waals surface area contributed by atoms with Crippen LogP contribution in [0.25, 0.3) is 0 Å². The second kappa shape index (κ2) is 7.70. The molecule has 2 aromatic rings. The van der Waals surface area contributed by atoms with E-state index < -0.39 is 0 Å². The Bertz CT molecular complexity index is 706. The number of piperazine rings is 1. The quantitative estimate of drug-likeness (QED) is 0.858. The predicted molar refractivity (Wildman–Crippen MR) is 103 cm³/mol. The van der Waals surface area contributed by atoms with Crippen molar-refractivity contribution in [1.29, 1.82) is 0 Å². The molecule has 1 unspecified atom stereocenters. The van der Waals surface area contributed by atoms with E-state index in [4.69, 9.17) is 0 Å². The number of benzene rings is 2. The van der Waals surface area contributed by atoms with E-state index in [1.165, 1.54) is 11.3 Å². The van der Waals surface area contributed by atoms with Gasteiger partial charge in [-0.3, -0.25) is 9.69 Å². The summed E-state index contributed by atoms with van der Waals surface area (Å²) in [7, 11) is 3.67. The summed E-state index contributed by atoms with van der Waals surface area (Å²) < 4.78 is 0. The third kappa shape index (κ3) is 3.85. The molecule has 25 heavy (non-hydrogen) atoms. The third-order valence-electron chi connectivity index (χ3n) is 4.93. The van der Waals surface area contributed by atoms with E-state index in [9.17, 15) is 4.79 Å². The maximum Gasteiger partial charge on any atom is 0.244 e. The number of nitrogens with zero attached hydrogens (tertiary/aromatic N) is 3. The molecule has 2 aromatic carbocycles. The van der Waals surface area contributed by atoms with Gasteiger partial charge in [-0.2, -0.15) is 0 Å². The van der Waals surface area contributed by atoms with Gasteiger partial charge in [0.1, 0.15) is 6.04 Å². The molecule has 1 aliphatic rings. The molecule has 0 saturated carbocycles. The Balaban J connectivity index is 1.76. The van der Waals surface area contributed by atoms with Crippen molar-refractivity contribution in [3.63, 3.8) is 0 Å². The molecular formula is C21H27N3O. The molecule has 4 nitrogen and oxygen atoms in total. The van der Waals surface area contributed by atoms with Crippen molar-refractivity contribution < 1.29 is 4.79 Å². The van der Waals surface area contributed by atoms with Crippen LogP contribution in [-0.4, -0.2) is 56.0 Å². The van der Waals surface area contributed by atoms with Gasteiger partial charge in [0.15, 0.2) is 0 Å². The molecule has 1 atom stereocenters. The number of hydrogen-bond acceptors (Lipinski definition) is 3. The molecule has 0 aliphatic carbocycles. The minimum absolute atomic E-state index is 0.149. The molecular weight excluding hydrogens is 310 g/mol. The minimum Gasteiger partial charge on any atom is -0.369 e. The van der Waals surface area contributed by atoms with E-state index in [2.05, 4.69) is 53.1 Å². The van der Waals surface area contributed by atoms with E-state index >= 15 is 0 Å². The van der Waals surface area contributed by atoms with Gasteiger partial charge in [-0.15, -0.1) is 0 Å². The zero-order chi connectivity index (χ0) is 17.8. The number of likely N-dealkylation sites (N-methyl/N-ethyl adjacent to an activating group) is 1. The number of amides is 1. The van der Waals surface area contributed by atoms with Crippen LogP contribution in [0, 0.1) is 6.92 Å². The molecule has 132 valence electrons. The highest BCUT2D eigenvalue weighted by Gasteiger charge is 2.31. The Kier molecular flexibility index (Phi) is 5.39. The first-order valence-electron chi connectivity index (χ1n) is 8.88. The van der Waals surface area contributed by atoms with Crippen LogP contribution in [0.4, 0.5) is 5.69 Å². The number of hydrogen-bond donors (Lipinski definition) is 0. The lowest BCUT2D eigenvalue weighted by Crippen LogP contribution is -2.51. The van der Waals surface area contributed by atoms with Crippen molar-refractivity contribution in [2.75, 3.05) is 45.2 Å². The van der Waals surface area contributed by atoms with Crippen molar-refractivity contribution in [2.24, 2.45) is 0 Å². The van der Waals surface area contributed by atoms with Gasteiger partial charge in [0.05, 0.1) is 0 Å². The molecule has 4 heteroatoms. The minimum atomic E-state index is -0.199. The van der Waals surface area contributed by atoms with Gasteiger partial charge < -0.3 is 9.80 Å². The average molecular weight is 337 g/mol. The number of aryl methyl sites for hydroxylation is 1. The van der Waals surface area contributed by atoms with Gasteiger partial charge in [-0.05, 0) is 24.1 Å². The summed E-state index contributed by atoms with van der Waals surface area (Å²) in [4.78, 5) is 19.3. The smallest absolute Gasteiger partial charge is 0.244 e. The SMILES string of the molecule is Cc1ccccc1N1CCN(C(C(=O)N(C)C)c2ccccc2)CC1. The molecule has 1 saturated heterocycles. The highest BCUT2D eigenvalue weighted by Crippen LogP contribution is 2.26. The van der Waals surface area contributed by atoms with Crippen LogP contribution < -0.4 is 4.90 Å². The van der Waals surface area contributed by atoms with Crippen molar-refractivity contribution in [3.05, 3.63) is 65.7 Å². The lowest BCUT2D eigenvalue weighted by atomic mass is 10.0. The normalized spacial score (nSPS) is 16.5. The van der Waals surface area contributed by atoms with E-state index in [-0.39, 0.29) is 11.9 Å². The maximum absolute atomic E-state index is 12.8. The fourth-order valence-corrected chi connectivity index (χ4v) is 3.53. The second-order valence-corrected chi connectivity index (χ2v) is 6.86. The van der Waals surface area contributed by atoms with E-state index in [0.29, 0.717) is 0 Å². The van der Waals surface area contributed by atoms with Crippen molar-refractivity contribution in [2.45, 2.75) is 13.0 Å². The maximum atomic E-state index is 12.8. The van der Waals surface area contributed by atoms with E-state index in [1.54, 1.807) is 4.90 Å². The van der Waals surface area contributed by atoms with Crippen molar-refractivity contribution in [3.8, 4) is 0 Å². The largest absolute Gasteiger partial charge is 0.369 e. The van der Waals surface area contributed by atoms with Crippen LogP contribution in [0.1, 0.15) is 17.2 Å². The van der Waals surface area contributed by atoms with Gasteiger partial charge in [0, 0.05) is 46.0 Å². The van der Waals surface area contributed by atoms with Gasteiger partial charge in [0.2, 0.25) is 5.91 Å². The molecule has 1 amide bonds. The van der Waals surface area contributed by atoms with Crippen LogP contribution in [-0.2, 0) is 4.79 Å². The first kappa shape index (κ1) is 17.5. The van der Waals surface area contributed by atoms with Crippen LogP contribution in [0.3, 0.4) is 0 Å². The van der Waals surface area contributed by atoms with Gasteiger partial charge >= 0.3 is 0 Å². The first-order valence-corrected chi connectivity index (χ1v) is 8.88. The molecule has 0 spiro atoms. The molecule has 3 rings (SSSR count). The Hall–Kier alpha value is -2.33. The summed E-state index contributed by atoms with van der Waals surface area (Å²) in [5.74, 6) is 0.149. The highest BCUT2D eigenvalue weighted by molar-refractivity contribution is 5.83. The van der Waals surface area contributed by atoms with Crippen LogP contribution in [0.5, 0.6) is 0 Å². The fraction of sp³-hybridized carbons (Fsp3) is 0.381. The Labute approximate surface area is 150 Å². The van der Waals surface area contributed by atoms with Crippen molar-refractivity contribution in [1.82, 2.24) is 9.80 Å². The van der Waals surface area contributed by atoms with Crippen LogP contribution in [0.2, 0.25) is 0 Å². The van der Waals surface area contributed by atoms with Gasteiger partial charge in [-0.1, -0.05) is 48.5 Å². The zero-order valence-electron chi connectivity index (χ0n) is 15.4. The summed E-state index contributed by atoms with van der Waals surface area (Å²) in [5.41, 5.74) is 3.68. The molecule has 1 fully saturated rings. The summed E-state index contributed by atoms with van der Waals surface area (Å²) in [5, 5.41) is 0. The summed E-state index contributed by atoms with van der Waals surface area (Å²) in [6, 6.07) is 18.4. The number of rotatable bonds is 4. The summed E-state index contributed by atoms with van der Waals surface area (Å²) >= 11 is 0. The van der Waals surface area contributed by atoms with Gasteiger partial charge in [0.25, 0.3) is 0 Å². The predicted octanol–water partition coefficient (Wildman–Crippen LogP) is 2.95. The molecule has 0 aromatic heterocycles. The summed E-state index contributed by atoms with van der Waals surface area (Å²) in [6.07, 6.45) is 0. The summed E-state index contributed by atoms with van der Waals surface area (Å²) in [6.45, 7) is 5.80. The monoisotopic (exact) mass is 337 g/mol. The highest BCUT2D eigenvalue weighted by atomic mass is 16.2. The van der Waals surface area contributed by atoms with E-state index in [1.807, 2.05) is 32.3 Å². The molecule has 1 heterocycles. The lowest BCUT2D eigenvalue weighted by Gasteiger charge is -2.40. The molecule has 0 N–H and O–H groups in total. The number of para-hydroxylation sites is 1. The number of carbonyl (C=O) groups is 1. The number of carbonyl (C=O) groups excluding carboxylic acids is 1.